The molecular weight excluding hydrogens is 340 g/mol. The Kier molecular flexibility index (Phi) is 6.17. The number of amides is 1. The van der Waals surface area contributed by atoms with Crippen LogP contribution in [0.25, 0.3) is 0 Å². The lowest BCUT2D eigenvalue weighted by Crippen LogP contribution is -2.26. The zero-order valence-electron chi connectivity index (χ0n) is 14.5. The summed E-state index contributed by atoms with van der Waals surface area (Å²) in [6.45, 7) is 2.00. The van der Waals surface area contributed by atoms with Crippen LogP contribution in [0.5, 0.6) is 5.75 Å². The Morgan fingerprint density at radius 2 is 1.68 bits per heavy atom. The number of carbonyl (C=O) groups excluding carboxylic acids is 1. The van der Waals surface area contributed by atoms with Crippen LogP contribution < -0.4 is 10.1 Å². The highest BCUT2D eigenvalue weighted by Crippen LogP contribution is 2.20. The smallest absolute Gasteiger partial charge is 0.243 e. The van der Waals surface area contributed by atoms with E-state index in [4.69, 9.17) is 4.74 Å². The van der Waals surface area contributed by atoms with Gasteiger partial charge in [-0.05, 0) is 42.0 Å². The molecule has 2 aromatic rings. The van der Waals surface area contributed by atoms with Crippen LogP contribution in [-0.2, 0) is 21.4 Å². The largest absolute Gasteiger partial charge is 0.497 e. The molecule has 0 spiro atoms. The van der Waals surface area contributed by atoms with Crippen molar-refractivity contribution in [3.63, 3.8) is 0 Å². The molecule has 7 heteroatoms. The van der Waals surface area contributed by atoms with Gasteiger partial charge in [0.1, 0.15) is 5.75 Å². The number of nitrogens with zero attached hydrogens (tertiary/aromatic N) is 1. The lowest BCUT2D eigenvalue weighted by Gasteiger charge is -2.18. The van der Waals surface area contributed by atoms with Crippen molar-refractivity contribution in [2.45, 2.75) is 24.8 Å². The average molecular weight is 362 g/mol. The van der Waals surface area contributed by atoms with Crippen molar-refractivity contribution in [3.8, 4) is 5.75 Å². The molecule has 0 saturated heterocycles. The van der Waals surface area contributed by atoms with E-state index in [0.717, 1.165) is 11.3 Å². The molecule has 2 aromatic carbocycles. The van der Waals surface area contributed by atoms with E-state index in [1.807, 2.05) is 12.1 Å². The number of sulfonamides is 1. The van der Waals surface area contributed by atoms with Crippen LogP contribution in [0, 0.1) is 0 Å². The zero-order valence-corrected chi connectivity index (χ0v) is 15.3. The molecule has 0 atom stereocenters. The summed E-state index contributed by atoms with van der Waals surface area (Å²) in [5.74, 6) is 0.603. The molecule has 25 heavy (non-hydrogen) atoms. The van der Waals surface area contributed by atoms with Crippen LogP contribution in [0.2, 0.25) is 0 Å². The van der Waals surface area contributed by atoms with Gasteiger partial charge < -0.3 is 10.1 Å². The maximum Gasteiger partial charge on any atom is 0.243 e. The number of benzene rings is 2. The monoisotopic (exact) mass is 362 g/mol. The first kappa shape index (κ1) is 19.0. The van der Waals surface area contributed by atoms with Crippen LogP contribution in [0.1, 0.15) is 18.9 Å². The van der Waals surface area contributed by atoms with Crippen LogP contribution >= 0.6 is 0 Å². The number of hydrogen-bond donors (Lipinski definition) is 1. The summed E-state index contributed by atoms with van der Waals surface area (Å²) in [6, 6.07) is 13.4. The maximum absolute atomic E-state index is 12.7. The highest BCUT2D eigenvalue weighted by Gasteiger charge is 2.20. The molecule has 0 aromatic heterocycles. The van der Waals surface area contributed by atoms with Gasteiger partial charge in [0, 0.05) is 25.7 Å². The van der Waals surface area contributed by atoms with E-state index in [9.17, 15) is 13.2 Å². The van der Waals surface area contributed by atoms with Gasteiger partial charge in [0.15, 0.2) is 0 Å². The Labute approximate surface area is 148 Å². The predicted octanol–water partition coefficient (Wildman–Crippen LogP) is 2.86. The van der Waals surface area contributed by atoms with Gasteiger partial charge in [-0.1, -0.05) is 19.1 Å². The van der Waals surface area contributed by atoms with E-state index in [-0.39, 0.29) is 17.3 Å². The van der Waals surface area contributed by atoms with Gasteiger partial charge in [0.2, 0.25) is 15.9 Å². The molecule has 1 N–H and O–H groups in total. The second-order valence-corrected chi connectivity index (χ2v) is 7.58. The van der Waals surface area contributed by atoms with E-state index >= 15 is 0 Å². The quantitative estimate of drug-likeness (QED) is 0.822. The summed E-state index contributed by atoms with van der Waals surface area (Å²) in [6.07, 6.45) is 0.366. The Morgan fingerprint density at radius 1 is 1.08 bits per heavy atom. The molecule has 0 saturated carbocycles. The van der Waals surface area contributed by atoms with Crippen molar-refractivity contribution < 1.29 is 17.9 Å². The van der Waals surface area contributed by atoms with E-state index in [1.54, 1.807) is 38.3 Å². The van der Waals surface area contributed by atoms with Gasteiger partial charge in [-0.2, -0.15) is 4.31 Å². The summed E-state index contributed by atoms with van der Waals surface area (Å²) in [5, 5.41) is 2.69. The molecule has 0 aliphatic heterocycles. The number of ether oxygens (including phenoxy) is 1. The second-order valence-electron chi connectivity index (χ2n) is 5.54. The van der Waals surface area contributed by atoms with Crippen molar-refractivity contribution >= 4 is 21.6 Å². The van der Waals surface area contributed by atoms with Gasteiger partial charge in [0.25, 0.3) is 0 Å². The fraction of sp³-hybridized carbons (Fsp3) is 0.278. The van der Waals surface area contributed by atoms with Crippen LogP contribution in [0.3, 0.4) is 0 Å². The van der Waals surface area contributed by atoms with Crippen molar-refractivity contribution in [1.82, 2.24) is 4.31 Å². The van der Waals surface area contributed by atoms with Crippen LogP contribution in [0.4, 0.5) is 5.69 Å². The molecule has 0 unspecified atom stereocenters. The highest BCUT2D eigenvalue weighted by molar-refractivity contribution is 7.89. The topological polar surface area (TPSA) is 75.7 Å². The lowest BCUT2D eigenvalue weighted by atomic mass is 10.2. The summed E-state index contributed by atoms with van der Waals surface area (Å²) in [4.78, 5) is 11.6. The van der Waals surface area contributed by atoms with E-state index in [1.165, 1.54) is 23.5 Å². The number of anilines is 1. The van der Waals surface area contributed by atoms with E-state index in [2.05, 4.69) is 5.32 Å². The SMILES string of the molecule is CCC(=O)Nc1ccc(S(=O)(=O)N(C)Cc2ccc(OC)cc2)cc1. The molecule has 2 rings (SSSR count). The standard InChI is InChI=1S/C18H22N2O4S/c1-4-18(21)19-15-7-11-17(12-8-15)25(22,23)20(2)13-14-5-9-16(24-3)10-6-14/h5-12H,4,13H2,1-3H3,(H,19,21). The molecule has 0 fully saturated rings. The van der Waals surface area contributed by atoms with Gasteiger partial charge in [-0.25, -0.2) is 8.42 Å². The normalized spacial score (nSPS) is 11.4. The molecule has 1 amide bonds. The average Bonchev–Trinajstić information content (AvgIpc) is 2.62. The van der Waals surface area contributed by atoms with E-state index < -0.39 is 10.0 Å². The fourth-order valence-electron chi connectivity index (χ4n) is 2.21. The molecule has 134 valence electrons. The minimum atomic E-state index is -3.61. The summed E-state index contributed by atoms with van der Waals surface area (Å²) in [7, 11) is -0.499. The minimum absolute atomic E-state index is 0.118. The minimum Gasteiger partial charge on any atom is -0.497 e. The fourth-order valence-corrected chi connectivity index (χ4v) is 3.37. The number of carbonyl (C=O) groups is 1. The number of nitrogens with one attached hydrogen (secondary N) is 1. The molecule has 0 aliphatic rings. The Morgan fingerprint density at radius 3 is 2.20 bits per heavy atom. The third-order valence-corrected chi connectivity index (χ3v) is 5.55. The van der Waals surface area contributed by atoms with Crippen LogP contribution in [-0.4, -0.2) is 32.8 Å². The first-order valence-electron chi connectivity index (χ1n) is 7.86. The van der Waals surface area contributed by atoms with Gasteiger partial charge in [-0.15, -0.1) is 0 Å². The Hall–Kier alpha value is -2.38. The van der Waals surface area contributed by atoms with Crippen molar-refractivity contribution in [3.05, 3.63) is 54.1 Å². The Balaban J connectivity index is 2.11. The molecule has 6 nitrogen and oxygen atoms in total. The highest BCUT2D eigenvalue weighted by atomic mass is 32.2. The lowest BCUT2D eigenvalue weighted by molar-refractivity contribution is -0.115. The molecule has 0 heterocycles. The number of hydrogen-bond acceptors (Lipinski definition) is 4. The number of methoxy groups -OCH3 is 1. The van der Waals surface area contributed by atoms with Gasteiger partial charge in [-0.3, -0.25) is 4.79 Å². The number of rotatable bonds is 7. The van der Waals surface area contributed by atoms with Gasteiger partial charge in [0.05, 0.1) is 12.0 Å². The zero-order chi connectivity index (χ0) is 18.4. The first-order chi connectivity index (χ1) is 11.9. The van der Waals surface area contributed by atoms with Crippen molar-refractivity contribution in [1.29, 1.82) is 0 Å². The third kappa shape index (κ3) is 4.80. The molecular formula is C18H22N2O4S. The first-order valence-corrected chi connectivity index (χ1v) is 9.30. The summed E-state index contributed by atoms with van der Waals surface area (Å²) in [5.41, 5.74) is 1.43. The third-order valence-electron chi connectivity index (χ3n) is 3.73. The van der Waals surface area contributed by atoms with Gasteiger partial charge >= 0.3 is 0 Å². The van der Waals surface area contributed by atoms with Crippen molar-refractivity contribution in [2.24, 2.45) is 0 Å². The maximum atomic E-state index is 12.7. The molecule has 0 aliphatic carbocycles. The van der Waals surface area contributed by atoms with E-state index in [0.29, 0.717) is 12.1 Å². The van der Waals surface area contributed by atoms with Crippen molar-refractivity contribution in [2.75, 3.05) is 19.5 Å². The Bertz CT molecular complexity index is 815. The molecule has 0 bridgehead atoms. The summed E-state index contributed by atoms with van der Waals surface area (Å²) >= 11 is 0. The summed E-state index contributed by atoms with van der Waals surface area (Å²) < 4.78 is 31.7. The predicted molar refractivity (Wildman–Crippen MR) is 97.0 cm³/mol. The molecule has 0 radical (unpaired) electrons. The van der Waals surface area contributed by atoms with Crippen LogP contribution in [0.15, 0.2) is 53.4 Å². The second kappa shape index (κ2) is 8.13.